The number of rotatable bonds is 5. The van der Waals surface area contributed by atoms with Gasteiger partial charge in [-0.15, -0.1) is 0 Å². The number of aliphatic carboxylic acids is 1. The Morgan fingerprint density at radius 2 is 1.94 bits per heavy atom. The van der Waals surface area contributed by atoms with E-state index in [-0.39, 0.29) is 6.61 Å². The molecule has 0 aliphatic heterocycles. The average molecular weight is 287 g/mol. The van der Waals surface area contributed by atoms with Crippen molar-refractivity contribution < 1.29 is 14.6 Å². The third kappa shape index (κ3) is 3.94. The first-order valence-electron chi connectivity index (χ1n) is 4.97. The van der Waals surface area contributed by atoms with E-state index in [0.29, 0.717) is 6.61 Å². The van der Waals surface area contributed by atoms with Crippen molar-refractivity contribution in [3.63, 3.8) is 0 Å². The van der Waals surface area contributed by atoms with Crippen molar-refractivity contribution in [2.75, 3.05) is 6.61 Å². The standard InChI is InChI=1S/C12H15BrO3/c1-12(2,11(14)15)8-16-7-9-3-5-10(13)6-4-9/h3-6H,7-8H2,1-2H3,(H,14,15). The molecule has 88 valence electrons. The maximum Gasteiger partial charge on any atom is 0.311 e. The van der Waals surface area contributed by atoms with E-state index >= 15 is 0 Å². The van der Waals surface area contributed by atoms with Crippen LogP contribution < -0.4 is 0 Å². The van der Waals surface area contributed by atoms with Gasteiger partial charge in [0.1, 0.15) is 0 Å². The van der Waals surface area contributed by atoms with E-state index in [2.05, 4.69) is 15.9 Å². The lowest BCUT2D eigenvalue weighted by atomic mass is 9.95. The number of hydrogen-bond acceptors (Lipinski definition) is 2. The SMILES string of the molecule is CC(C)(COCc1ccc(Br)cc1)C(=O)O. The van der Waals surface area contributed by atoms with Crippen LogP contribution in [0.25, 0.3) is 0 Å². The summed E-state index contributed by atoms with van der Waals surface area (Å²) in [6.07, 6.45) is 0. The summed E-state index contributed by atoms with van der Waals surface area (Å²) in [4.78, 5) is 10.8. The van der Waals surface area contributed by atoms with Crippen LogP contribution in [0.2, 0.25) is 0 Å². The molecule has 1 aromatic rings. The number of benzene rings is 1. The van der Waals surface area contributed by atoms with Gasteiger partial charge < -0.3 is 9.84 Å². The maximum absolute atomic E-state index is 10.8. The van der Waals surface area contributed by atoms with Crippen molar-refractivity contribution in [3.05, 3.63) is 34.3 Å². The summed E-state index contributed by atoms with van der Waals surface area (Å²) in [6, 6.07) is 7.75. The molecule has 0 aliphatic carbocycles. The molecule has 0 spiro atoms. The summed E-state index contributed by atoms with van der Waals surface area (Å²) >= 11 is 3.35. The minimum atomic E-state index is -0.844. The molecule has 0 heterocycles. The van der Waals surface area contributed by atoms with Crippen LogP contribution in [0.4, 0.5) is 0 Å². The van der Waals surface area contributed by atoms with Crippen molar-refractivity contribution in [3.8, 4) is 0 Å². The molecule has 1 rings (SSSR count). The third-order valence-electron chi connectivity index (χ3n) is 2.22. The smallest absolute Gasteiger partial charge is 0.311 e. The molecule has 1 aromatic carbocycles. The van der Waals surface area contributed by atoms with Crippen molar-refractivity contribution in [1.82, 2.24) is 0 Å². The van der Waals surface area contributed by atoms with E-state index in [1.54, 1.807) is 13.8 Å². The molecule has 1 N–H and O–H groups in total. The summed E-state index contributed by atoms with van der Waals surface area (Å²) in [5, 5.41) is 8.89. The Balaban J connectivity index is 2.41. The third-order valence-corrected chi connectivity index (χ3v) is 2.75. The average Bonchev–Trinajstić information content (AvgIpc) is 2.20. The second-order valence-electron chi connectivity index (χ2n) is 4.31. The molecule has 0 unspecified atom stereocenters. The van der Waals surface area contributed by atoms with Crippen molar-refractivity contribution in [2.24, 2.45) is 5.41 Å². The second-order valence-corrected chi connectivity index (χ2v) is 5.22. The van der Waals surface area contributed by atoms with Gasteiger partial charge in [0.25, 0.3) is 0 Å². The van der Waals surface area contributed by atoms with Crippen LogP contribution in [-0.4, -0.2) is 17.7 Å². The number of carbonyl (C=O) groups is 1. The highest BCUT2D eigenvalue weighted by atomic mass is 79.9. The van der Waals surface area contributed by atoms with E-state index in [1.807, 2.05) is 24.3 Å². The lowest BCUT2D eigenvalue weighted by molar-refractivity contribution is -0.150. The van der Waals surface area contributed by atoms with Gasteiger partial charge in [-0.05, 0) is 31.5 Å². The van der Waals surface area contributed by atoms with E-state index in [0.717, 1.165) is 10.0 Å². The van der Waals surface area contributed by atoms with Gasteiger partial charge in [0.05, 0.1) is 18.6 Å². The molecule has 16 heavy (non-hydrogen) atoms. The number of hydrogen-bond donors (Lipinski definition) is 1. The van der Waals surface area contributed by atoms with Crippen molar-refractivity contribution in [1.29, 1.82) is 0 Å². The highest BCUT2D eigenvalue weighted by molar-refractivity contribution is 9.10. The van der Waals surface area contributed by atoms with Crippen LogP contribution in [0, 0.1) is 5.41 Å². The molecule has 3 nitrogen and oxygen atoms in total. The van der Waals surface area contributed by atoms with Gasteiger partial charge in [0, 0.05) is 4.47 Å². The Kier molecular flexibility index (Phi) is 4.50. The number of ether oxygens (including phenoxy) is 1. The van der Waals surface area contributed by atoms with Crippen LogP contribution in [0.1, 0.15) is 19.4 Å². The van der Waals surface area contributed by atoms with E-state index in [9.17, 15) is 4.79 Å². The highest BCUT2D eigenvalue weighted by Crippen LogP contribution is 2.17. The minimum absolute atomic E-state index is 0.207. The first-order chi connectivity index (χ1) is 7.42. The van der Waals surface area contributed by atoms with E-state index < -0.39 is 11.4 Å². The first kappa shape index (κ1) is 13.2. The predicted octanol–water partition coefficient (Wildman–Crippen LogP) is 3.08. The monoisotopic (exact) mass is 286 g/mol. The van der Waals surface area contributed by atoms with E-state index in [1.165, 1.54) is 0 Å². The minimum Gasteiger partial charge on any atom is -0.481 e. The number of halogens is 1. The molecule has 0 aliphatic rings. The molecular weight excluding hydrogens is 272 g/mol. The zero-order valence-electron chi connectivity index (χ0n) is 9.37. The highest BCUT2D eigenvalue weighted by Gasteiger charge is 2.27. The van der Waals surface area contributed by atoms with Gasteiger partial charge in [-0.3, -0.25) is 4.79 Å². The van der Waals surface area contributed by atoms with Crippen LogP contribution in [0.3, 0.4) is 0 Å². The van der Waals surface area contributed by atoms with Gasteiger partial charge in [-0.1, -0.05) is 28.1 Å². The molecule has 0 amide bonds. The lowest BCUT2D eigenvalue weighted by Crippen LogP contribution is -2.29. The Morgan fingerprint density at radius 1 is 1.38 bits per heavy atom. The molecule has 0 saturated heterocycles. The zero-order chi connectivity index (χ0) is 12.2. The van der Waals surface area contributed by atoms with Gasteiger partial charge in [-0.25, -0.2) is 0 Å². The molecule has 0 aromatic heterocycles. The summed E-state index contributed by atoms with van der Waals surface area (Å²) in [6.45, 7) is 3.94. The van der Waals surface area contributed by atoms with Gasteiger partial charge in [0.15, 0.2) is 0 Å². The second kappa shape index (κ2) is 5.46. The Labute approximate surface area is 104 Å². The predicted molar refractivity (Wildman–Crippen MR) is 65.2 cm³/mol. The Hall–Kier alpha value is -0.870. The maximum atomic E-state index is 10.8. The van der Waals surface area contributed by atoms with Crippen LogP contribution in [0.15, 0.2) is 28.7 Å². The van der Waals surface area contributed by atoms with Gasteiger partial charge >= 0.3 is 5.97 Å². The molecule has 0 atom stereocenters. The Bertz CT molecular complexity index is 357. The quantitative estimate of drug-likeness (QED) is 0.905. The first-order valence-corrected chi connectivity index (χ1v) is 5.77. The normalized spacial score (nSPS) is 11.4. The van der Waals surface area contributed by atoms with Crippen LogP contribution in [0.5, 0.6) is 0 Å². The van der Waals surface area contributed by atoms with Crippen molar-refractivity contribution in [2.45, 2.75) is 20.5 Å². The molecular formula is C12H15BrO3. The fourth-order valence-corrected chi connectivity index (χ4v) is 1.33. The number of carboxylic acid groups (broad SMARTS) is 1. The molecule has 0 fully saturated rings. The molecule has 0 radical (unpaired) electrons. The van der Waals surface area contributed by atoms with Crippen LogP contribution >= 0.6 is 15.9 Å². The molecule has 0 bridgehead atoms. The van der Waals surface area contributed by atoms with Crippen LogP contribution in [-0.2, 0) is 16.1 Å². The topological polar surface area (TPSA) is 46.5 Å². The fourth-order valence-electron chi connectivity index (χ4n) is 1.07. The zero-order valence-corrected chi connectivity index (χ0v) is 11.0. The summed E-state index contributed by atoms with van der Waals surface area (Å²) in [5.41, 5.74) is 0.194. The van der Waals surface area contributed by atoms with Gasteiger partial charge in [0.2, 0.25) is 0 Å². The molecule has 0 saturated carbocycles. The largest absolute Gasteiger partial charge is 0.481 e. The summed E-state index contributed by atoms with van der Waals surface area (Å²) in [7, 11) is 0. The fraction of sp³-hybridized carbons (Fsp3) is 0.417. The van der Waals surface area contributed by atoms with E-state index in [4.69, 9.17) is 9.84 Å². The van der Waals surface area contributed by atoms with Crippen molar-refractivity contribution >= 4 is 21.9 Å². The summed E-state index contributed by atoms with van der Waals surface area (Å²) < 4.78 is 6.41. The molecule has 4 heteroatoms. The summed E-state index contributed by atoms with van der Waals surface area (Å²) in [5.74, 6) is -0.844. The van der Waals surface area contributed by atoms with Gasteiger partial charge in [-0.2, -0.15) is 0 Å². The Morgan fingerprint density at radius 3 is 2.44 bits per heavy atom. The number of carboxylic acids is 1. The lowest BCUT2D eigenvalue weighted by Gasteiger charge is -2.18.